The number of halogens is 1. The van der Waals surface area contributed by atoms with Gasteiger partial charge in [-0.15, -0.1) is 0 Å². The summed E-state index contributed by atoms with van der Waals surface area (Å²) in [6.07, 6.45) is -0.669. The van der Waals surface area contributed by atoms with Gasteiger partial charge in [-0.1, -0.05) is 42.5 Å². The highest BCUT2D eigenvalue weighted by atomic mass is 32.1. The molecule has 0 radical (unpaired) electrons. The van der Waals surface area contributed by atoms with Gasteiger partial charge in [0.1, 0.15) is 29.6 Å². The Morgan fingerprint density at radius 3 is 2.88 bits per heavy atom. The molecule has 1 N–H and O–H groups in total. The second kappa shape index (κ2) is 6.84. The number of amides is 1. The maximum Gasteiger partial charge on any atom is 0.411 e. The van der Waals surface area contributed by atoms with Gasteiger partial charge in [0.15, 0.2) is 5.82 Å². The standard InChI is InChI=1S/C17H15FN2O3S/c1-20-15(24)10-22-14-8-12(7-13(18)16(14)20)19-17(21)23-9-11-5-3-2-4-6-11/h2-8H,9-10H2,1H3,(H,19,21). The molecule has 24 heavy (non-hydrogen) atoms. The molecule has 0 spiro atoms. The third-order valence-electron chi connectivity index (χ3n) is 3.55. The van der Waals surface area contributed by atoms with Crippen LogP contribution in [0, 0.1) is 5.82 Å². The molecule has 0 bridgehead atoms. The average Bonchev–Trinajstić information content (AvgIpc) is 2.57. The van der Waals surface area contributed by atoms with Crippen molar-refractivity contribution in [1.29, 1.82) is 0 Å². The first-order valence-corrected chi connectivity index (χ1v) is 7.66. The fourth-order valence-electron chi connectivity index (χ4n) is 2.32. The number of thiocarbonyl (C=S) groups is 1. The molecule has 7 heteroatoms. The van der Waals surface area contributed by atoms with E-state index in [2.05, 4.69) is 5.32 Å². The van der Waals surface area contributed by atoms with Crippen LogP contribution >= 0.6 is 12.2 Å². The van der Waals surface area contributed by atoms with Crippen LogP contribution in [0.15, 0.2) is 42.5 Å². The number of nitrogens with one attached hydrogen (secondary N) is 1. The quantitative estimate of drug-likeness (QED) is 0.858. The summed E-state index contributed by atoms with van der Waals surface area (Å²) in [4.78, 5) is 13.9. The molecule has 0 aromatic heterocycles. The smallest absolute Gasteiger partial charge is 0.411 e. The van der Waals surface area contributed by atoms with Gasteiger partial charge in [0, 0.05) is 13.1 Å². The molecule has 3 rings (SSSR count). The highest BCUT2D eigenvalue weighted by Crippen LogP contribution is 2.36. The first-order valence-electron chi connectivity index (χ1n) is 7.25. The van der Waals surface area contributed by atoms with Gasteiger partial charge < -0.3 is 14.4 Å². The van der Waals surface area contributed by atoms with E-state index in [1.807, 2.05) is 30.3 Å². The molecule has 1 aliphatic heterocycles. The number of hydrogen-bond donors (Lipinski definition) is 1. The molecule has 124 valence electrons. The normalized spacial score (nSPS) is 13.1. The Labute approximate surface area is 144 Å². The van der Waals surface area contributed by atoms with Gasteiger partial charge in [-0.2, -0.15) is 0 Å². The number of fused-ring (bicyclic) bond motifs is 1. The first kappa shape index (κ1) is 16.2. The minimum absolute atomic E-state index is 0.133. The zero-order chi connectivity index (χ0) is 17.1. The molecule has 0 saturated heterocycles. The van der Waals surface area contributed by atoms with Gasteiger partial charge in [-0.25, -0.2) is 9.18 Å². The lowest BCUT2D eigenvalue weighted by Gasteiger charge is -2.28. The van der Waals surface area contributed by atoms with Crippen LogP contribution in [0.25, 0.3) is 0 Å². The highest BCUT2D eigenvalue weighted by Gasteiger charge is 2.24. The first-order chi connectivity index (χ1) is 11.5. The number of ether oxygens (including phenoxy) is 2. The molecular weight excluding hydrogens is 331 g/mol. The Hall–Kier alpha value is -2.67. The minimum Gasteiger partial charge on any atom is -0.484 e. The van der Waals surface area contributed by atoms with Crippen molar-refractivity contribution in [1.82, 2.24) is 0 Å². The van der Waals surface area contributed by atoms with Crippen LogP contribution in [0.1, 0.15) is 5.56 Å². The summed E-state index contributed by atoms with van der Waals surface area (Å²) in [5.41, 5.74) is 1.38. The summed E-state index contributed by atoms with van der Waals surface area (Å²) in [5.74, 6) is -0.208. The van der Waals surface area contributed by atoms with E-state index in [1.165, 1.54) is 6.07 Å². The van der Waals surface area contributed by atoms with Gasteiger partial charge in [0.05, 0.1) is 5.69 Å². The molecule has 2 aromatic rings. The Balaban J connectivity index is 1.68. The highest BCUT2D eigenvalue weighted by molar-refractivity contribution is 7.80. The van der Waals surface area contributed by atoms with E-state index >= 15 is 0 Å². The van der Waals surface area contributed by atoms with Crippen LogP contribution in [0.3, 0.4) is 0 Å². The lowest BCUT2D eigenvalue weighted by molar-refractivity contribution is 0.155. The van der Waals surface area contributed by atoms with Crippen LogP contribution in [0.2, 0.25) is 0 Å². The van der Waals surface area contributed by atoms with Gasteiger partial charge in [-0.05, 0) is 11.6 Å². The molecule has 1 heterocycles. The van der Waals surface area contributed by atoms with Crippen molar-refractivity contribution in [2.75, 3.05) is 23.9 Å². The van der Waals surface area contributed by atoms with Crippen LogP contribution < -0.4 is 15.0 Å². The van der Waals surface area contributed by atoms with Gasteiger partial charge in [0.25, 0.3) is 0 Å². The van der Waals surface area contributed by atoms with E-state index in [0.717, 1.165) is 5.56 Å². The van der Waals surface area contributed by atoms with E-state index < -0.39 is 11.9 Å². The number of carbonyl (C=O) groups excluding carboxylic acids is 1. The number of carbonyl (C=O) groups is 1. The van der Waals surface area contributed by atoms with Crippen molar-refractivity contribution in [3.05, 3.63) is 53.8 Å². The van der Waals surface area contributed by atoms with Crippen LogP contribution in [-0.2, 0) is 11.3 Å². The summed E-state index contributed by atoms with van der Waals surface area (Å²) in [6.45, 7) is 0.327. The predicted octanol–water partition coefficient (Wildman–Crippen LogP) is 3.73. The van der Waals surface area contributed by atoms with Crippen molar-refractivity contribution in [3.8, 4) is 5.75 Å². The summed E-state index contributed by atoms with van der Waals surface area (Å²) in [5, 5.41) is 2.50. The largest absolute Gasteiger partial charge is 0.484 e. The maximum absolute atomic E-state index is 14.3. The van der Waals surface area contributed by atoms with E-state index in [0.29, 0.717) is 10.7 Å². The van der Waals surface area contributed by atoms with Crippen molar-refractivity contribution >= 4 is 34.7 Å². The molecular formula is C17H15FN2O3S. The third kappa shape index (κ3) is 3.46. The Kier molecular flexibility index (Phi) is 4.61. The van der Waals surface area contributed by atoms with Crippen LogP contribution in [0.4, 0.5) is 20.6 Å². The number of rotatable bonds is 3. The minimum atomic E-state index is -0.669. The number of anilines is 2. The predicted molar refractivity (Wildman–Crippen MR) is 93.1 cm³/mol. The second-order valence-electron chi connectivity index (χ2n) is 5.23. The Morgan fingerprint density at radius 1 is 1.38 bits per heavy atom. The number of hydrogen-bond acceptors (Lipinski definition) is 4. The lowest BCUT2D eigenvalue weighted by atomic mass is 10.2. The monoisotopic (exact) mass is 346 g/mol. The van der Waals surface area contributed by atoms with Gasteiger partial charge in [-0.3, -0.25) is 5.32 Å². The molecule has 0 atom stereocenters. The summed E-state index contributed by atoms with van der Waals surface area (Å²) in [6, 6.07) is 12.0. The zero-order valence-electron chi connectivity index (χ0n) is 12.9. The van der Waals surface area contributed by atoms with E-state index in [-0.39, 0.29) is 24.6 Å². The molecule has 5 nitrogen and oxygen atoms in total. The average molecular weight is 346 g/mol. The molecule has 0 saturated carbocycles. The van der Waals surface area contributed by atoms with Crippen molar-refractivity contribution < 1.29 is 18.7 Å². The fourth-order valence-corrected chi connectivity index (χ4v) is 2.47. The molecule has 0 aliphatic carbocycles. The van der Waals surface area contributed by atoms with E-state index in [4.69, 9.17) is 21.7 Å². The molecule has 2 aromatic carbocycles. The van der Waals surface area contributed by atoms with Crippen molar-refractivity contribution in [2.45, 2.75) is 6.61 Å². The molecule has 0 fully saturated rings. The summed E-state index contributed by atoms with van der Waals surface area (Å²) < 4.78 is 24.8. The van der Waals surface area contributed by atoms with Gasteiger partial charge >= 0.3 is 6.09 Å². The number of likely N-dealkylation sites (N-methyl/N-ethyl adjacent to an activating group) is 1. The topological polar surface area (TPSA) is 50.8 Å². The second-order valence-corrected chi connectivity index (χ2v) is 5.70. The maximum atomic E-state index is 14.3. The lowest BCUT2D eigenvalue weighted by Crippen LogP contribution is -2.34. The van der Waals surface area contributed by atoms with Gasteiger partial charge in [0.2, 0.25) is 0 Å². The van der Waals surface area contributed by atoms with Crippen molar-refractivity contribution in [3.63, 3.8) is 0 Å². The summed E-state index contributed by atoms with van der Waals surface area (Å²) >= 11 is 5.09. The number of nitrogens with zero attached hydrogens (tertiary/aromatic N) is 1. The Morgan fingerprint density at radius 2 is 2.12 bits per heavy atom. The van der Waals surface area contributed by atoms with Crippen LogP contribution in [0.5, 0.6) is 5.75 Å². The molecule has 0 unspecified atom stereocenters. The Bertz CT molecular complexity index is 783. The fraction of sp³-hybridized carbons (Fsp3) is 0.176. The summed E-state index contributed by atoms with van der Waals surface area (Å²) in [7, 11) is 1.67. The van der Waals surface area contributed by atoms with E-state index in [1.54, 1.807) is 18.0 Å². The molecule has 1 aliphatic rings. The zero-order valence-corrected chi connectivity index (χ0v) is 13.7. The van der Waals surface area contributed by atoms with Crippen LogP contribution in [-0.4, -0.2) is 24.7 Å². The molecule has 1 amide bonds. The SMILES string of the molecule is CN1C(=S)COc2cc(NC(=O)OCc3ccccc3)cc(F)c21. The third-order valence-corrected chi connectivity index (χ3v) is 3.94. The van der Waals surface area contributed by atoms with Crippen molar-refractivity contribution in [2.24, 2.45) is 0 Å². The number of benzene rings is 2. The van der Waals surface area contributed by atoms with E-state index in [9.17, 15) is 9.18 Å².